The number of piperidine rings is 1. The topological polar surface area (TPSA) is 57.6 Å². The maximum absolute atomic E-state index is 12.6. The van der Waals surface area contributed by atoms with Crippen LogP contribution in [0.1, 0.15) is 58.3 Å². The summed E-state index contributed by atoms with van der Waals surface area (Å²) in [6, 6.07) is 0.158. The normalized spacial score (nSPS) is 31.4. The second kappa shape index (κ2) is 6.40. The third-order valence-electron chi connectivity index (χ3n) is 4.78. The van der Waals surface area contributed by atoms with Gasteiger partial charge in [0.1, 0.15) is 0 Å². The minimum atomic E-state index is -0.757. The highest BCUT2D eigenvalue weighted by Gasteiger charge is 2.36. The van der Waals surface area contributed by atoms with Crippen molar-refractivity contribution in [3.05, 3.63) is 0 Å². The Bertz CT molecular complexity index is 342. The molecule has 108 valence electrons. The summed E-state index contributed by atoms with van der Waals surface area (Å²) in [5.41, 5.74) is 0. The molecule has 1 aliphatic heterocycles. The van der Waals surface area contributed by atoms with Crippen molar-refractivity contribution in [1.82, 2.24) is 4.90 Å². The fourth-order valence-corrected chi connectivity index (χ4v) is 3.61. The molecule has 1 amide bonds. The van der Waals surface area contributed by atoms with Crippen molar-refractivity contribution in [2.75, 3.05) is 6.54 Å². The Balaban J connectivity index is 1.97. The number of carboxylic acids is 1. The fraction of sp³-hybridized carbons (Fsp3) is 0.867. The summed E-state index contributed by atoms with van der Waals surface area (Å²) in [6.07, 6.45) is 7.28. The number of hydrogen-bond donors (Lipinski definition) is 1. The SMILES string of the molecule is CC1CCCC1C(=O)N1CCCCC1CCC(=O)O. The standard InChI is InChI=1S/C15H25NO3/c1-11-5-4-7-13(11)15(19)16-10-3-2-6-12(16)8-9-14(17)18/h11-13H,2-10H2,1H3,(H,17,18). The van der Waals surface area contributed by atoms with Gasteiger partial charge >= 0.3 is 5.97 Å². The van der Waals surface area contributed by atoms with Crippen LogP contribution in [0.5, 0.6) is 0 Å². The maximum Gasteiger partial charge on any atom is 0.303 e. The van der Waals surface area contributed by atoms with E-state index in [0.29, 0.717) is 18.2 Å². The number of carbonyl (C=O) groups is 2. The molecule has 1 aliphatic carbocycles. The predicted octanol–water partition coefficient (Wildman–Crippen LogP) is 2.67. The second-order valence-corrected chi connectivity index (χ2v) is 6.13. The number of nitrogens with zero attached hydrogens (tertiary/aromatic N) is 1. The van der Waals surface area contributed by atoms with Crippen LogP contribution in [0.4, 0.5) is 0 Å². The summed E-state index contributed by atoms with van der Waals surface area (Å²) < 4.78 is 0. The number of aliphatic carboxylic acids is 1. The highest BCUT2D eigenvalue weighted by atomic mass is 16.4. The van der Waals surface area contributed by atoms with Gasteiger partial charge in [-0.2, -0.15) is 0 Å². The van der Waals surface area contributed by atoms with Crippen molar-refractivity contribution >= 4 is 11.9 Å². The first-order chi connectivity index (χ1) is 9.09. The molecule has 0 aromatic heterocycles. The van der Waals surface area contributed by atoms with Crippen LogP contribution in [0, 0.1) is 11.8 Å². The Hall–Kier alpha value is -1.06. The molecule has 1 N–H and O–H groups in total. The first-order valence-corrected chi connectivity index (χ1v) is 7.62. The van der Waals surface area contributed by atoms with E-state index in [1.807, 2.05) is 4.90 Å². The number of hydrogen-bond acceptors (Lipinski definition) is 2. The van der Waals surface area contributed by atoms with Gasteiger partial charge in [-0.15, -0.1) is 0 Å². The largest absolute Gasteiger partial charge is 0.481 e. The number of likely N-dealkylation sites (tertiary alicyclic amines) is 1. The first-order valence-electron chi connectivity index (χ1n) is 7.62. The Morgan fingerprint density at radius 1 is 1.16 bits per heavy atom. The van der Waals surface area contributed by atoms with Gasteiger partial charge in [-0.3, -0.25) is 9.59 Å². The number of rotatable bonds is 4. The molecule has 1 heterocycles. The zero-order valence-corrected chi connectivity index (χ0v) is 11.8. The lowest BCUT2D eigenvalue weighted by atomic mass is 9.92. The van der Waals surface area contributed by atoms with Gasteiger partial charge in [-0.25, -0.2) is 0 Å². The van der Waals surface area contributed by atoms with E-state index < -0.39 is 5.97 Å². The van der Waals surface area contributed by atoms with Gasteiger partial charge in [-0.05, 0) is 44.4 Å². The zero-order valence-electron chi connectivity index (χ0n) is 11.8. The van der Waals surface area contributed by atoms with Crippen molar-refractivity contribution in [3.8, 4) is 0 Å². The fourth-order valence-electron chi connectivity index (χ4n) is 3.61. The monoisotopic (exact) mass is 267 g/mol. The third kappa shape index (κ3) is 3.48. The Morgan fingerprint density at radius 2 is 1.95 bits per heavy atom. The van der Waals surface area contributed by atoms with E-state index >= 15 is 0 Å². The van der Waals surface area contributed by atoms with Crippen LogP contribution < -0.4 is 0 Å². The molecule has 0 bridgehead atoms. The molecule has 19 heavy (non-hydrogen) atoms. The lowest BCUT2D eigenvalue weighted by Gasteiger charge is -2.38. The molecule has 0 aromatic rings. The molecular formula is C15H25NO3. The summed E-state index contributed by atoms with van der Waals surface area (Å²) in [5, 5.41) is 8.82. The number of amides is 1. The van der Waals surface area contributed by atoms with Crippen molar-refractivity contribution in [2.45, 2.75) is 64.3 Å². The molecule has 3 unspecified atom stereocenters. The minimum absolute atomic E-state index is 0.158. The van der Waals surface area contributed by atoms with Crippen molar-refractivity contribution in [1.29, 1.82) is 0 Å². The molecule has 0 spiro atoms. The second-order valence-electron chi connectivity index (χ2n) is 6.13. The van der Waals surface area contributed by atoms with E-state index in [1.54, 1.807) is 0 Å². The lowest BCUT2D eigenvalue weighted by Crippen LogP contribution is -2.47. The van der Waals surface area contributed by atoms with Crippen molar-refractivity contribution in [3.63, 3.8) is 0 Å². The highest BCUT2D eigenvalue weighted by molar-refractivity contribution is 5.80. The summed E-state index contributed by atoms with van der Waals surface area (Å²) in [7, 11) is 0. The Morgan fingerprint density at radius 3 is 2.58 bits per heavy atom. The minimum Gasteiger partial charge on any atom is -0.481 e. The molecular weight excluding hydrogens is 242 g/mol. The van der Waals surface area contributed by atoms with Gasteiger partial charge in [-0.1, -0.05) is 13.3 Å². The third-order valence-corrected chi connectivity index (χ3v) is 4.78. The molecule has 1 saturated heterocycles. The lowest BCUT2D eigenvalue weighted by molar-refractivity contribution is -0.143. The molecule has 3 atom stereocenters. The maximum atomic E-state index is 12.6. The van der Waals surface area contributed by atoms with Gasteiger partial charge < -0.3 is 10.0 Å². The summed E-state index contributed by atoms with van der Waals surface area (Å²) in [4.78, 5) is 25.4. The summed E-state index contributed by atoms with van der Waals surface area (Å²) in [5.74, 6) is 0.215. The van der Waals surface area contributed by atoms with Gasteiger partial charge in [0.15, 0.2) is 0 Å². The van der Waals surface area contributed by atoms with E-state index in [1.165, 1.54) is 0 Å². The molecule has 0 radical (unpaired) electrons. The summed E-state index contributed by atoms with van der Waals surface area (Å²) in [6.45, 7) is 3.00. The van der Waals surface area contributed by atoms with Gasteiger partial charge in [0.2, 0.25) is 5.91 Å². The highest BCUT2D eigenvalue weighted by Crippen LogP contribution is 2.34. The van der Waals surface area contributed by atoms with E-state index in [2.05, 4.69) is 6.92 Å². The Labute approximate surface area is 115 Å². The zero-order chi connectivity index (χ0) is 13.8. The van der Waals surface area contributed by atoms with Crippen LogP contribution >= 0.6 is 0 Å². The van der Waals surface area contributed by atoms with Crippen LogP contribution in [0.3, 0.4) is 0 Å². The molecule has 2 fully saturated rings. The van der Waals surface area contributed by atoms with Crippen LogP contribution in [0.15, 0.2) is 0 Å². The predicted molar refractivity (Wildman–Crippen MR) is 72.7 cm³/mol. The molecule has 4 nitrogen and oxygen atoms in total. The average molecular weight is 267 g/mol. The molecule has 0 aromatic carbocycles. The average Bonchev–Trinajstić information content (AvgIpc) is 2.82. The molecule has 4 heteroatoms. The van der Waals surface area contributed by atoms with Crippen LogP contribution in [0.25, 0.3) is 0 Å². The van der Waals surface area contributed by atoms with Gasteiger partial charge in [0, 0.05) is 24.9 Å². The van der Waals surface area contributed by atoms with E-state index in [0.717, 1.165) is 45.1 Å². The van der Waals surface area contributed by atoms with Crippen molar-refractivity contribution < 1.29 is 14.7 Å². The molecule has 1 saturated carbocycles. The van der Waals surface area contributed by atoms with E-state index in [9.17, 15) is 9.59 Å². The van der Waals surface area contributed by atoms with Gasteiger partial charge in [0.05, 0.1) is 0 Å². The van der Waals surface area contributed by atoms with Crippen molar-refractivity contribution in [2.24, 2.45) is 11.8 Å². The Kier molecular flexibility index (Phi) is 4.83. The van der Waals surface area contributed by atoms with Gasteiger partial charge in [0.25, 0.3) is 0 Å². The molecule has 2 rings (SSSR count). The van der Waals surface area contributed by atoms with Crippen LogP contribution in [-0.4, -0.2) is 34.5 Å². The van der Waals surface area contributed by atoms with Crippen LogP contribution in [-0.2, 0) is 9.59 Å². The smallest absolute Gasteiger partial charge is 0.303 e. The van der Waals surface area contributed by atoms with E-state index in [4.69, 9.17) is 5.11 Å². The molecule has 2 aliphatic rings. The van der Waals surface area contributed by atoms with Crippen LogP contribution in [0.2, 0.25) is 0 Å². The number of carbonyl (C=O) groups excluding carboxylic acids is 1. The summed E-state index contributed by atoms with van der Waals surface area (Å²) >= 11 is 0. The van der Waals surface area contributed by atoms with E-state index in [-0.39, 0.29) is 18.4 Å². The number of carboxylic acid groups (broad SMARTS) is 1. The first kappa shape index (κ1) is 14.4. The quantitative estimate of drug-likeness (QED) is 0.852.